The second kappa shape index (κ2) is 6.68. The molecule has 3 nitrogen and oxygen atoms in total. The molecule has 1 aromatic rings. The first-order chi connectivity index (χ1) is 9.57. The number of thiophene rings is 1. The molecule has 0 spiro atoms. The minimum absolute atomic E-state index is 0.0376. The third-order valence-electron chi connectivity index (χ3n) is 4.02. The molecule has 0 aliphatic heterocycles. The summed E-state index contributed by atoms with van der Waals surface area (Å²) in [6.45, 7) is 2.09. The van der Waals surface area contributed by atoms with Crippen LogP contribution in [0.2, 0.25) is 0 Å². The fourth-order valence-electron chi connectivity index (χ4n) is 2.73. The molecule has 110 valence electrons. The van der Waals surface area contributed by atoms with E-state index in [2.05, 4.69) is 12.2 Å². The number of carbonyl (C=O) groups is 1. The lowest BCUT2D eigenvalue weighted by atomic mass is 9.90. The van der Waals surface area contributed by atoms with Crippen molar-refractivity contribution >= 4 is 34.5 Å². The van der Waals surface area contributed by atoms with Gasteiger partial charge in [-0.2, -0.15) is 0 Å². The molecule has 1 saturated carbocycles. The monoisotopic (exact) mass is 310 g/mol. The van der Waals surface area contributed by atoms with E-state index in [4.69, 9.17) is 18.0 Å². The maximum Gasteiger partial charge on any atom is 0.262 e. The smallest absolute Gasteiger partial charge is 0.262 e. The Hall–Kier alpha value is -0.940. The van der Waals surface area contributed by atoms with E-state index >= 15 is 0 Å². The molecule has 0 saturated heterocycles. The van der Waals surface area contributed by atoms with Gasteiger partial charge < -0.3 is 11.1 Å². The molecule has 0 bridgehead atoms. The number of amides is 1. The van der Waals surface area contributed by atoms with Gasteiger partial charge in [0.15, 0.2) is 0 Å². The van der Waals surface area contributed by atoms with E-state index in [0.29, 0.717) is 4.99 Å². The fourth-order valence-corrected chi connectivity index (χ4v) is 3.83. The second-order valence-corrected chi connectivity index (χ2v) is 7.04. The zero-order chi connectivity index (χ0) is 14.6. The summed E-state index contributed by atoms with van der Waals surface area (Å²) < 4.78 is 0. The lowest BCUT2D eigenvalue weighted by Crippen LogP contribution is -2.56. The number of rotatable bonds is 4. The summed E-state index contributed by atoms with van der Waals surface area (Å²) in [7, 11) is 0. The lowest BCUT2D eigenvalue weighted by molar-refractivity contribution is 0.0921. The van der Waals surface area contributed by atoms with Gasteiger partial charge in [-0.05, 0) is 31.4 Å². The summed E-state index contributed by atoms with van der Waals surface area (Å²) in [5, 5.41) is 3.13. The Balaban J connectivity index is 2.14. The van der Waals surface area contributed by atoms with E-state index in [1.54, 1.807) is 11.3 Å². The first-order valence-corrected chi connectivity index (χ1v) is 8.51. The van der Waals surface area contributed by atoms with Crippen molar-refractivity contribution in [2.45, 2.75) is 57.4 Å². The number of hydrogen-bond acceptors (Lipinski definition) is 3. The Kier molecular flexibility index (Phi) is 5.16. The van der Waals surface area contributed by atoms with Crippen molar-refractivity contribution in [3.63, 3.8) is 0 Å². The largest absolute Gasteiger partial charge is 0.391 e. The SMILES string of the molecule is CCc1ccc(C(=O)NC2(C(N)=S)CCCCCC2)s1. The van der Waals surface area contributed by atoms with Gasteiger partial charge >= 0.3 is 0 Å². The molecule has 3 N–H and O–H groups in total. The van der Waals surface area contributed by atoms with Gasteiger partial charge in [-0.3, -0.25) is 4.79 Å². The molecule has 5 heteroatoms. The van der Waals surface area contributed by atoms with Crippen LogP contribution in [0.5, 0.6) is 0 Å². The Morgan fingerprint density at radius 3 is 2.50 bits per heavy atom. The van der Waals surface area contributed by atoms with Crippen LogP contribution in [-0.2, 0) is 6.42 Å². The van der Waals surface area contributed by atoms with Crippen LogP contribution >= 0.6 is 23.6 Å². The standard InChI is InChI=1S/C15H22N2OS2/c1-2-11-7-8-12(20-11)13(18)17-15(14(16)19)9-5-3-4-6-10-15/h7-8H,2-6,9-10H2,1H3,(H2,16,19)(H,17,18). The van der Waals surface area contributed by atoms with Gasteiger partial charge in [-0.25, -0.2) is 0 Å². The number of nitrogens with two attached hydrogens (primary N) is 1. The van der Waals surface area contributed by atoms with Gasteiger partial charge in [-0.1, -0.05) is 44.8 Å². The van der Waals surface area contributed by atoms with Crippen LogP contribution in [0.3, 0.4) is 0 Å². The van der Waals surface area contributed by atoms with Crippen LogP contribution in [0, 0.1) is 0 Å². The molecular formula is C15H22N2OS2. The van der Waals surface area contributed by atoms with Crippen molar-refractivity contribution in [3.05, 3.63) is 21.9 Å². The van der Waals surface area contributed by atoms with E-state index in [-0.39, 0.29) is 5.91 Å². The van der Waals surface area contributed by atoms with Crippen molar-refractivity contribution in [2.24, 2.45) is 5.73 Å². The highest BCUT2D eigenvalue weighted by atomic mass is 32.1. The Labute approximate surface area is 129 Å². The zero-order valence-corrected chi connectivity index (χ0v) is 13.5. The van der Waals surface area contributed by atoms with Gasteiger partial charge in [-0.15, -0.1) is 11.3 Å². The molecule has 1 aliphatic rings. The summed E-state index contributed by atoms with van der Waals surface area (Å²) in [5.74, 6) is -0.0376. The van der Waals surface area contributed by atoms with E-state index < -0.39 is 5.54 Å². The van der Waals surface area contributed by atoms with Crippen molar-refractivity contribution in [1.29, 1.82) is 0 Å². The summed E-state index contributed by atoms with van der Waals surface area (Å²) in [5.41, 5.74) is 5.46. The molecule has 0 atom stereocenters. The van der Waals surface area contributed by atoms with Gasteiger partial charge in [0.2, 0.25) is 0 Å². The van der Waals surface area contributed by atoms with Crippen LogP contribution in [0.1, 0.15) is 60.0 Å². The van der Waals surface area contributed by atoms with E-state index in [1.807, 2.05) is 12.1 Å². The molecular weight excluding hydrogens is 288 g/mol. The Morgan fingerprint density at radius 1 is 1.35 bits per heavy atom. The third kappa shape index (κ3) is 3.38. The highest BCUT2D eigenvalue weighted by molar-refractivity contribution is 7.80. The molecule has 1 amide bonds. The van der Waals surface area contributed by atoms with Gasteiger partial charge in [0.05, 0.1) is 15.4 Å². The van der Waals surface area contributed by atoms with Crippen molar-refractivity contribution in [3.8, 4) is 0 Å². The van der Waals surface area contributed by atoms with E-state index in [1.165, 1.54) is 17.7 Å². The maximum atomic E-state index is 12.4. The van der Waals surface area contributed by atoms with Crippen LogP contribution in [0.25, 0.3) is 0 Å². The molecule has 1 fully saturated rings. The Morgan fingerprint density at radius 2 is 2.00 bits per heavy atom. The number of nitrogens with one attached hydrogen (secondary N) is 1. The average Bonchev–Trinajstić information content (AvgIpc) is 2.79. The fraction of sp³-hybridized carbons (Fsp3) is 0.600. The third-order valence-corrected chi connectivity index (χ3v) is 5.63. The van der Waals surface area contributed by atoms with E-state index in [9.17, 15) is 4.79 Å². The lowest BCUT2D eigenvalue weighted by Gasteiger charge is -2.32. The molecule has 1 heterocycles. The van der Waals surface area contributed by atoms with Crippen molar-refractivity contribution in [1.82, 2.24) is 5.32 Å². The van der Waals surface area contributed by atoms with Crippen LogP contribution in [0.15, 0.2) is 12.1 Å². The molecule has 1 aliphatic carbocycles. The molecule has 2 rings (SSSR count). The topological polar surface area (TPSA) is 55.1 Å². The molecule has 0 unspecified atom stereocenters. The number of thiocarbonyl (C=S) groups is 1. The molecule has 0 aromatic carbocycles. The quantitative estimate of drug-likeness (QED) is 0.662. The number of carbonyl (C=O) groups excluding carboxylic acids is 1. The van der Waals surface area contributed by atoms with Gasteiger partial charge in [0.1, 0.15) is 0 Å². The van der Waals surface area contributed by atoms with Crippen LogP contribution < -0.4 is 11.1 Å². The molecule has 0 radical (unpaired) electrons. The average molecular weight is 310 g/mol. The number of aryl methyl sites for hydroxylation is 1. The van der Waals surface area contributed by atoms with Crippen LogP contribution in [0.4, 0.5) is 0 Å². The van der Waals surface area contributed by atoms with E-state index in [0.717, 1.165) is 37.0 Å². The highest BCUT2D eigenvalue weighted by Crippen LogP contribution is 2.28. The van der Waals surface area contributed by atoms with Crippen molar-refractivity contribution in [2.75, 3.05) is 0 Å². The normalized spacial score (nSPS) is 18.2. The second-order valence-electron chi connectivity index (χ2n) is 5.43. The highest BCUT2D eigenvalue weighted by Gasteiger charge is 2.35. The summed E-state index contributed by atoms with van der Waals surface area (Å²) in [6.07, 6.45) is 7.21. The molecule has 1 aromatic heterocycles. The van der Waals surface area contributed by atoms with Gasteiger partial charge in [0, 0.05) is 4.88 Å². The zero-order valence-electron chi connectivity index (χ0n) is 11.9. The molecule has 20 heavy (non-hydrogen) atoms. The minimum atomic E-state index is -0.487. The minimum Gasteiger partial charge on any atom is -0.391 e. The first-order valence-electron chi connectivity index (χ1n) is 7.28. The summed E-state index contributed by atoms with van der Waals surface area (Å²) in [6, 6.07) is 3.91. The summed E-state index contributed by atoms with van der Waals surface area (Å²) >= 11 is 6.80. The first kappa shape index (κ1) is 15.4. The summed E-state index contributed by atoms with van der Waals surface area (Å²) in [4.78, 5) is 14.9. The predicted molar refractivity (Wildman–Crippen MR) is 88.4 cm³/mol. The maximum absolute atomic E-state index is 12.4. The van der Waals surface area contributed by atoms with Gasteiger partial charge in [0.25, 0.3) is 5.91 Å². The Bertz CT molecular complexity index is 488. The number of hydrogen-bond donors (Lipinski definition) is 2. The predicted octanol–water partition coefficient (Wildman–Crippen LogP) is 3.42. The van der Waals surface area contributed by atoms with Crippen molar-refractivity contribution < 1.29 is 4.79 Å². The van der Waals surface area contributed by atoms with Crippen LogP contribution in [-0.4, -0.2) is 16.4 Å².